The van der Waals surface area contributed by atoms with E-state index < -0.39 is 10.0 Å². The molecule has 0 bridgehead atoms. The van der Waals surface area contributed by atoms with Crippen LogP contribution in [0.1, 0.15) is 33.4 Å². The zero-order valence-corrected chi connectivity index (χ0v) is 16.9. The van der Waals surface area contributed by atoms with Gasteiger partial charge in [-0.3, -0.25) is 4.72 Å². The molecule has 0 amide bonds. The van der Waals surface area contributed by atoms with Gasteiger partial charge in [-0.1, -0.05) is 60.2 Å². The van der Waals surface area contributed by atoms with Gasteiger partial charge in [-0.15, -0.1) is 0 Å². The van der Waals surface area contributed by atoms with Crippen molar-refractivity contribution in [3.63, 3.8) is 0 Å². The normalized spacial score (nSPS) is 14.9. The fraction of sp³-hybridized carbons (Fsp3) is 0.167. The van der Waals surface area contributed by atoms with Crippen LogP contribution in [0.4, 0.5) is 5.69 Å². The molecule has 1 aliphatic carbocycles. The number of aryl methyl sites for hydroxylation is 3. The Labute approximate surface area is 166 Å². The molecule has 28 heavy (non-hydrogen) atoms. The second-order valence-corrected chi connectivity index (χ2v) is 9.12. The lowest BCUT2D eigenvalue weighted by atomic mass is 9.91. The molecule has 0 radical (unpaired) electrons. The van der Waals surface area contributed by atoms with Gasteiger partial charge in [0.15, 0.2) is 0 Å². The largest absolute Gasteiger partial charge is 0.284 e. The molecule has 0 aromatic heterocycles. The van der Waals surface area contributed by atoms with Crippen LogP contribution >= 0.6 is 0 Å². The third kappa shape index (κ3) is 4.02. The summed E-state index contributed by atoms with van der Waals surface area (Å²) in [4.78, 5) is 0. The quantitative estimate of drug-likeness (QED) is 0.681. The first-order chi connectivity index (χ1) is 13.4. The summed E-state index contributed by atoms with van der Waals surface area (Å²) < 4.78 is 25.7. The summed E-state index contributed by atoms with van der Waals surface area (Å²) in [6.07, 6.45) is 5.35. The molecule has 0 aliphatic heterocycles. The molecular weight excluding hydrogens is 366 g/mol. The maximum Gasteiger partial charge on any atom is 0.229 e. The molecule has 3 aromatic rings. The van der Waals surface area contributed by atoms with Crippen LogP contribution in [0.5, 0.6) is 0 Å². The Morgan fingerprint density at radius 3 is 2.39 bits per heavy atom. The highest BCUT2D eigenvalue weighted by Crippen LogP contribution is 2.35. The van der Waals surface area contributed by atoms with Crippen molar-refractivity contribution in [1.29, 1.82) is 0 Å². The first-order valence-electron chi connectivity index (χ1n) is 9.37. The Kier molecular flexibility index (Phi) is 4.82. The molecule has 0 spiro atoms. The van der Waals surface area contributed by atoms with Gasteiger partial charge in [0.2, 0.25) is 10.0 Å². The number of sulfonamides is 1. The van der Waals surface area contributed by atoms with Crippen LogP contribution in [-0.4, -0.2) is 14.7 Å². The molecule has 0 heterocycles. The minimum atomic E-state index is -3.31. The minimum Gasteiger partial charge on any atom is -0.284 e. The van der Waals surface area contributed by atoms with Gasteiger partial charge in [-0.2, -0.15) is 0 Å². The molecule has 0 saturated heterocycles. The number of benzene rings is 3. The van der Waals surface area contributed by atoms with Crippen LogP contribution in [0.2, 0.25) is 0 Å². The Morgan fingerprint density at radius 1 is 0.857 bits per heavy atom. The van der Waals surface area contributed by atoms with Crippen molar-refractivity contribution < 1.29 is 8.42 Å². The Hall–Kier alpha value is -2.85. The lowest BCUT2D eigenvalue weighted by Crippen LogP contribution is -2.09. The van der Waals surface area contributed by atoms with Gasteiger partial charge in [0.05, 0.1) is 6.26 Å². The first-order valence-corrected chi connectivity index (χ1v) is 11.3. The van der Waals surface area contributed by atoms with Crippen LogP contribution in [0, 0.1) is 6.92 Å². The van der Waals surface area contributed by atoms with E-state index in [1.807, 2.05) is 18.2 Å². The zero-order valence-electron chi connectivity index (χ0n) is 16.1. The molecule has 1 N–H and O–H groups in total. The molecule has 4 heteroatoms. The summed E-state index contributed by atoms with van der Waals surface area (Å²) in [6.45, 7) is 2.12. The second kappa shape index (κ2) is 7.28. The van der Waals surface area contributed by atoms with E-state index >= 15 is 0 Å². The van der Waals surface area contributed by atoms with Crippen molar-refractivity contribution in [2.45, 2.75) is 19.8 Å². The van der Waals surface area contributed by atoms with E-state index in [2.05, 4.69) is 60.2 Å². The summed E-state index contributed by atoms with van der Waals surface area (Å²) in [5.74, 6) is 0. The van der Waals surface area contributed by atoms with Gasteiger partial charge in [0.25, 0.3) is 0 Å². The van der Waals surface area contributed by atoms with E-state index in [0.29, 0.717) is 5.69 Å². The topological polar surface area (TPSA) is 46.2 Å². The van der Waals surface area contributed by atoms with Crippen molar-refractivity contribution in [2.24, 2.45) is 0 Å². The summed E-state index contributed by atoms with van der Waals surface area (Å²) in [6, 6.07) is 22.7. The fourth-order valence-electron chi connectivity index (χ4n) is 3.80. The minimum absolute atomic E-state index is 0.572. The molecule has 0 atom stereocenters. The maximum absolute atomic E-state index is 11.6. The van der Waals surface area contributed by atoms with Crippen LogP contribution in [0.15, 0.2) is 66.7 Å². The van der Waals surface area contributed by atoms with Crippen molar-refractivity contribution >= 4 is 27.4 Å². The number of anilines is 1. The number of nitrogens with one attached hydrogen (secondary N) is 1. The molecule has 3 aromatic carbocycles. The van der Waals surface area contributed by atoms with E-state index in [0.717, 1.165) is 18.4 Å². The molecule has 0 saturated carbocycles. The average Bonchev–Trinajstić information content (AvgIpc) is 2.78. The third-order valence-corrected chi connectivity index (χ3v) is 5.63. The van der Waals surface area contributed by atoms with Crippen LogP contribution in [0.3, 0.4) is 0 Å². The predicted octanol–water partition coefficient (Wildman–Crippen LogP) is 5.05. The standard InChI is InChI=1S/C24H23NO2S/c1-17-10-11-20-13-12-19-7-3-4-9-22(19)24(23(20)14-17)16-18-6-5-8-21(15-18)25-28(2,26)27/h3-11,14-16,25H,12-13H2,1-2H3. The maximum atomic E-state index is 11.6. The van der Waals surface area contributed by atoms with Gasteiger partial charge in [0.1, 0.15) is 0 Å². The first kappa shape index (κ1) is 18.5. The van der Waals surface area contributed by atoms with Crippen LogP contribution < -0.4 is 4.72 Å². The monoisotopic (exact) mass is 389 g/mol. The third-order valence-electron chi connectivity index (χ3n) is 5.03. The molecule has 3 nitrogen and oxygen atoms in total. The van der Waals surface area contributed by atoms with Crippen molar-refractivity contribution in [3.05, 3.63) is 100 Å². The van der Waals surface area contributed by atoms with Gasteiger partial charge in [-0.25, -0.2) is 8.42 Å². The number of fused-ring (bicyclic) bond motifs is 2. The summed E-state index contributed by atoms with van der Waals surface area (Å²) in [5.41, 5.74) is 9.14. The van der Waals surface area contributed by atoms with Crippen molar-refractivity contribution in [2.75, 3.05) is 11.0 Å². The van der Waals surface area contributed by atoms with E-state index in [1.54, 1.807) is 6.07 Å². The summed E-state index contributed by atoms with van der Waals surface area (Å²) in [5, 5.41) is 0. The molecule has 0 fully saturated rings. The number of hydrogen-bond donors (Lipinski definition) is 1. The molecule has 4 rings (SSSR count). The molecule has 1 aliphatic rings. The Bertz CT molecular complexity index is 1180. The summed E-state index contributed by atoms with van der Waals surface area (Å²) >= 11 is 0. The highest BCUT2D eigenvalue weighted by atomic mass is 32.2. The van der Waals surface area contributed by atoms with E-state index in [1.165, 1.54) is 39.6 Å². The lowest BCUT2D eigenvalue weighted by Gasteiger charge is -2.13. The average molecular weight is 390 g/mol. The Balaban J connectivity index is 1.89. The van der Waals surface area contributed by atoms with Crippen LogP contribution in [0.25, 0.3) is 11.6 Å². The van der Waals surface area contributed by atoms with E-state index in [4.69, 9.17) is 0 Å². The summed E-state index contributed by atoms with van der Waals surface area (Å²) in [7, 11) is -3.31. The van der Waals surface area contributed by atoms with Crippen molar-refractivity contribution in [1.82, 2.24) is 0 Å². The highest BCUT2D eigenvalue weighted by molar-refractivity contribution is 7.92. The highest BCUT2D eigenvalue weighted by Gasteiger charge is 2.18. The zero-order chi connectivity index (χ0) is 19.7. The number of rotatable bonds is 3. The molecular formula is C24H23NO2S. The van der Waals surface area contributed by atoms with Gasteiger partial charge >= 0.3 is 0 Å². The van der Waals surface area contributed by atoms with Gasteiger partial charge in [-0.05, 0) is 71.4 Å². The van der Waals surface area contributed by atoms with Gasteiger partial charge < -0.3 is 0 Å². The van der Waals surface area contributed by atoms with Crippen LogP contribution in [-0.2, 0) is 22.9 Å². The second-order valence-electron chi connectivity index (χ2n) is 7.38. The van der Waals surface area contributed by atoms with E-state index in [9.17, 15) is 8.42 Å². The predicted molar refractivity (Wildman–Crippen MR) is 117 cm³/mol. The smallest absolute Gasteiger partial charge is 0.229 e. The molecule has 142 valence electrons. The van der Waals surface area contributed by atoms with Crippen molar-refractivity contribution in [3.8, 4) is 0 Å². The van der Waals surface area contributed by atoms with Gasteiger partial charge in [0, 0.05) is 5.69 Å². The lowest BCUT2D eigenvalue weighted by molar-refractivity contribution is 0.607. The Morgan fingerprint density at radius 2 is 1.61 bits per heavy atom. The number of hydrogen-bond acceptors (Lipinski definition) is 2. The fourth-order valence-corrected chi connectivity index (χ4v) is 4.36. The van der Waals surface area contributed by atoms with E-state index in [-0.39, 0.29) is 0 Å². The SMILES string of the molecule is Cc1ccc2c(c1)C(=Cc1cccc(NS(C)(=O)=O)c1)c1ccccc1CC2. The molecule has 0 unspecified atom stereocenters.